The number of H-pyrrole nitrogens is 1. The molecule has 1 fully saturated rings. The number of nitrogen functional groups attached to an aromatic ring is 1. The van der Waals surface area contributed by atoms with Crippen molar-refractivity contribution in [3.05, 3.63) is 0 Å². The molecule has 0 spiro atoms. The van der Waals surface area contributed by atoms with Crippen molar-refractivity contribution in [2.45, 2.75) is 38.5 Å². The quantitative estimate of drug-likeness (QED) is 0.816. The van der Waals surface area contributed by atoms with Crippen molar-refractivity contribution in [2.24, 2.45) is 5.92 Å². The largest absolute Gasteiger partial charge is 0.476 e. The van der Waals surface area contributed by atoms with E-state index in [9.17, 15) is 0 Å². The topological polar surface area (TPSA) is 103 Å². The Hall–Kier alpha value is -1.92. The SMILES string of the molecule is Nc1nc(OCC2CCCCCC2)c2n[nH]nc2n1. The van der Waals surface area contributed by atoms with Gasteiger partial charge in [0.1, 0.15) is 0 Å². The van der Waals surface area contributed by atoms with Crippen molar-refractivity contribution < 1.29 is 4.74 Å². The zero-order valence-electron chi connectivity index (χ0n) is 10.8. The average molecular weight is 262 g/mol. The van der Waals surface area contributed by atoms with Gasteiger partial charge in [-0.1, -0.05) is 25.7 Å². The van der Waals surface area contributed by atoms with Gasteiger partial charge in [-0.25, -0.2) is 0 Å². The number of hydrogen-bond acceptors (Lipinski definition) is 6. The summed E-state index contributed by atoms with van der Waals surface area (Å²) in [5.41, 5.74) is 6.63. The van der Waals surface area contributed by atoms with Crippen LogP contribution in [-0.2, 0) is 0 Å². The molecule has 0 unspecified atom stereocenters. The van der Waals surface area contributed by atoms with E-state index in [1.165, 1.54) is 38.5 Å². The maximum atomic E-state index is 5.80. The minimum Gasteiger partial charge on any atom is -0.476 e. The average Bonchev–Trinajstić information content (AvgIpc) is 2.71. The van der Waals surface area contributed by atoms with Crippen LogP contribution in [0, 0.1) is 5.92 Å². The van der Waals surface area contributed by atoms with Gasteiger partial charge in [-0.15, -0.1) is 10.2 Å². The van der Waals surface area contributed by atoms with Gasteiger partial charge in [0.15, 0.2) is 5.52 Å². The van der Waals surface area contributed by atoms with Crippen LogP contribution in [-0.4, -0.2) is 32.0 Å². The number of nitrogens with zero attached hydrogens (tertiary/aromatic N) is 4. The van der Waals surface area contributed by atoms with Gasteiger partial charge in [0.25, 0.3) is 0 Å². The second-order valence-electron chi connectivity index (χ2n) is 5.05. The maximum Gasteiger partial charge on any atom is 0.249 e. The number of hydrogen-bond donors (Lipinski definition) is 2. The molecule has 1 aliphatic rings. The van der Waals surface area contributed by atoms with Gasteiger partial charge in [0.2, 0.25) is 17.5 Å². The molecule has 7 nitrogen and oxygen atoms in total. The second kappa shape index (κ2) is 5.38. The summed E-state index contributed by atoms with van der Waals surface area (Å²) in [7, 11) is 0. The van der Waals surface area contributed by atoms with Gasteiger partial charge in [0.05, 0.1) is 6.61 Å². The van der Waals surface area contributed by atoms with Crippen LogP contribution in [0.25, 0.3) is 11.2 Å². The fourth-order valence-corrected chi connectivity index (χ4v) is 2.57. The van der Waals surface area contributed by atoms with Crippen molar-refractivity contribution >= 4 is 17.1 Å². The normalized spacial score (nSPS) is 17.5. The first-order chi connectivity index (χ1) is 9.33. The molecule has 2 heterocycles. The molecule has 1 aliphatic carbocycles. The van der Waals surface area contributed by atoms with Crippen LogP contribution in [0.4, 0.5) is 5.95 Å². The fraction of sp³-hybridized carbons (Fsp3) is 0.667. The molecule has 0 saturated heterocycles. The summed E-state index contributed by atoms with van der Waals surface area (Å²) in [6.45, 7) is 0.665. The number of ether oxygens (including phenoxy) is 1. The highest BCUT2D eigenvalue weighted by atomic mass is 16.5. The third-order valence-electron chi connectivity index (χ3n) is 3.60. The first-order valence-electron chi connectivity index (χ1n) is 6.80. The summed E-state index contributed by atoms with van der Waals surface area (Å²) < 4.78 is 5.80. The second-order valence-corrected chi connectivity index (χ2v) is 5.05. The zero-order chi connectivity index (χ0) is 13.1. The molecule has 7 heteroatoms. The van der Waals surface area contributed by atoms with Crippen LogP contribution >= 0.6 is 0 Å². The smallest absolute Gasteiger partial charge is 0.249 e. The fourth-order valence-electron chi connectivity index (χ4n) is 2.57. The van der Waals surface area contributed by atoms with E-state index >= 15 is 0 Å². The van der Waals surface area contributed by atoms with E-state index in [-0.39, 0.29) is 5.95 Å². The Kier molecular flexibility index (Phi) is 3.43. The molecule has 0 atom stereocenters. The van der Waals surface area contributed by atoms with Crippen LogP contribution < -0.4 is 10.5 Å². The summed E-state index contributed by atoms with van der Waals surface area (Å²) in [5.74, 6) is 1.19. The predicted molar refractivity (Wildman–Crippen MR) is 70.6 cm³/mol. The number of aromatic nitrogens is 5. The molecular formula is C12H18N6O. The summed E-state index contributed by atoms with van der Waals surface area (Å²) in [6.07, 6.45) is 7.71. The maximum absolute atomic E-state index is 5.80. The highest BCUT2D eigenvalue weighted by Gasteiger charge is 2.16. The Labute approximate surface area is 111 Å². The molecule has 2 aromatic heterocycles. The van der Waals surface area contributed by atoms with Crippen LogP contribution in [0.1, 0.15) is 38.5 Å². The molecule has 2 aromatic rings. The van der Waals surface area contributed by atoms with E-state index in [0.717, 1.165) is 0 Å². The van der Waals surface area contributed by atoms with Gasteiger partial charge in [-0.05, 0) is 18.8 Å². The monoisotopic (exact) mass is 262 g/mol. The molecule has 0 aromatic carbocycles. The van der Waals surface area contributed by atoms with Gasteiger partial charge in [0, 0.05) is 0 Å². The lowest BCUT2D eigenvalue weighted by molar-refractivity contribution is 0.228. The number of aromatic amines is 1. The highest BCUT2D eigenvalue weighted by molar-refractivity contribution is 5.75. The molecule has 102 valence electrons. The highest BCUT2D eigenvalue weighted by Crippen LogP contribution is 2.25. The van der Waals surface area contributed by atoms with Crippen LogP contribution in [0.3, 0.4) is 0 Å². The molecule has 0 bridgehead atoms. The van der Waals surface area contributed by atoms with E-state index < -0.39 is 0 Å². The summed E-state index contributed by atoms with van der Waals surface area (Å²) in [5, 5.41) is 10.4. The van der Waals surface area contributed by atoms with Crippen molar-refractivity contribution in [3.63, 3.8) is 0 Å². The first kappa shape index (κ1) is 12.1. The number of nitrogens with one attached hydrogen (secondary N) is 1. The van der Waals surface area contributed by atoms with Crippen molar-refractivity contribution in [1.29, 1.82) is 0 Å². The van der Waals surface area contributed by atoms with Crippen molar-refractivity contribution in [1.82, 2.24) is 25.4 Å². The number of nitrogens with two attached hydrogens (primary N) is 1. The molecule has 0 aliphatic heterocycles. The van der Waals surface area contributed by atoms with Crippen molar-refractivity contribution in [3.8, 4) is 5.88 Å². The van der Waals surface area contributed by atoms with Gasteiger partial charge >= 0.3 is 0 Å². The Balaban J connectivity index is 1.72. The minimum absolute atomic E-state index is 0.164. The Morgan fingerprint density at radius 2 is 1.89 bits per heavy atom. The molecule has 3 N–H and O–H groups in total. The molecule has 19 heavy (non-hydrogen) atoms. The Morgan fingerprint density at radius 3 is 2.68 bits per heavy atom. The number of rotatable bonds is 3. The standard InChI is InChI=1S/C12H18N6O/c13-12-14-10-9(16-18-17-10)11(15-12)19-7-8-5-3-1-2-4-6-8/h8H,1-7H2,(H3,13,14,15,16,17,18). The lowest BCUT2D eigenvalue weighted by Crippen LogP contribution is -2.12. The van der Waals surface area contributed by atoms with Gasteiger partial charge in [-0.3, -0.25) is 0 Å². The third-order valence-corrected chi connectivity index (χ3v) is 3.60. The van der Waals surface area contributed by atoms with Crippen LogP contribution in [0.5, 0.6) is 5.88 Å². The van der Waals surface area contributed by atoms with Crippen LogP contribution in [0.2, 0.25) is 0 Å². The Bertz CT molecular complexity index is 546. The van der Waals surface area contributed by atoms with Gasteiger partial charge in [-0.2, -0.15) is 15.2 Å². The van der Waals surface area contributed by atoms with E-state index in [0.29, 0.717) is 29.6 Å². The molecule has 0 radical (unpaired) electrons. The Morgan fingerprint density at radius 1 is 1.11 bits per heavy atom. The van der Waals surface area contributed by atoms with E-state index in [1.807, 2.05) is 0 Å². The molecule has 1 saturated carbocycles. The first-order valence-corrected chi connectivity index (χ1v) is 6.80. The lowest BCUT2D eigenvalue weighted by Gasteiger charge is -2.14. The van der Waals surface area contributed by atoms with Gasteiger partial charge < -0.3 is 10.5 Å². The summed E-state index contributed by atoms with van der Waals surface area (Å²) >= 11 is 0. The van der Waals surface area contributed by atoms with E-state index in [2.05, 4.69) is 25.4 Å². The van der Waals surface area contributed by atoms with Crippen molar-refractivity contribution in [2.75, 3.05) is 12.3 Å². The summed E-state index contributed by atoms with van der Waals surface area (Å²) in [4.78, 5) is 8.09. The molecule has 3 rings (SSSR count). The summed E-state index contributed by atoms with van der Waals surface area (Å²) in [6, 6.07) is 0. The lowest BCUT2D eigenvalue weighted by atomic mass is 10.0. The van der Waals surface area contributed by atoms with E-state index in [4.69, 9.17) is 10.5 Å². The number of fused-ring (bicyclic) bond motifs is 1. The number of anilines is 1. The van der Waals surface area contributed by atoms with Crippen LogP contribution in [0.15, 0.2) is 0 Å². The zero-order valence-corrected chi connectivity index (χ0v) is 10.8. The predicted octanol–water partition coefficient (Wildman–Crippen LogP) is 1.68. The minimum atomic E-state index is 0.164. The molecule has 0 amide bonds. The molecular weight excluding hydrogens is 244 g/mol. The van der Waals surface area contributed by atoms with E-state index in [1.54, 1.807) is 0 Å². The third kappa shape index (κ3) is 2.74.